The second kappa shape index (κ2) is 10.2. The van der Waals surface area contributed by atoms with E-state index in [1.54, 1.807) is 0 Å². The summed E-state index contributed by atoms with van der Waals surface area (Å²) < 4.78 is 1.25. The molecule has 0 atom stereocenters. The van der Waals surface area contributed by atoms with Crippen LogP contribution in [0.3, 0.4) is 0 Å². The van der Waals surface area contributed by atoms with E-state index in [1.165, 1.54) is 34.9 Å². The van der Waals surface area contributed by atoms with E-state index < -0.39 is 0 Å². The number of hydrogen-bond donors (Lipinski definition) is 0. The van der Waals surface area contributed by atoms with E-state index in [-0.39, 0.29) is 0 Å². The van der Waals surface area contributed by atoms with E-state index in [0.717, 1.165) is 13.1 Å². The highest BCUT2D eigenvalue weighted by atomic mass is 127. The van der Waals surface area contributed by atoms with Crippen molar-refractivity contribution < 1.29 is 0 Å². The summed E-state index contributed by atoms with van der Waals surface area (Å²) in [7, 11) is 0. The number of anilines is 1. The number of unbranched alkanes of at least 4 members (excludes halogenated alkanes) is 1. The normalized spacial score (nSPS) is 10.6. The quantitative estimate of drug-likeness (QED) is 0.329. The summed E-state index contributed by atoms with van der Waals surface area (Å²) in [6, 6.07) is 8.80. The predicted molar refractivity (Wildman–Crippen MR) is 91.9 cm³/mol. The van der Waals surface area contributed by atoms with Crippen LogP contribution in [0.25, 0.3) is 0 Å². The number of alkyl halides is 3. The highest BCUT2D eigenvalue weighted by molar-refractivity contribution is 14.1. The maximum atomic E-state index is 5.81. The van der Waals surface area contributed by atoms with Crippen LogP contribution in [0.1, 0.15) is 18.4 Å². The molecule has 0 aliphatic heterocycles. The smallest absolute Gasteiger partial charge is 0.0399 e. The first-order chi connectivity index (χ1) is 8.81. The molecule has 0 fully saturated rings. The summed E-state index contributed by atoms with van der Waals surface area (Å²) in [5.41, 5.74) is 2.63. The van der Waals surface area contributed by atoms with Crippen molar-refractivity contribution in [2.75, 3.05) is 34.2 Å². The predicted octanol–water partition coefficient (Wildman–Crippen LogP) is 4.73. The van der Waals surface area contributed by atoms with Gasteiger partial charge in [0, 0.05) is 30.5 Å². The van der Waals surface area contributed by atoms with Crippen molar-refractivity contribution in [2.45, 2.75) is 19.3 Å². The van der Waals surface area contributed by atoms with Gasteiger partial charge in [0.05, 0.1) is 0 Å². The van der Waals surface area contributed by atoms with E-state index >= 15 is 0 Å². The largest absolute Gasteiger partial charge is 0.369 e. The molecule has 0 saturated carbocycles. The standard InChI is InChI=1S/C14H20Cl2IN/c15-8-11-18(12-9-16)14-6-4-13(5-7-14)3-1-2-10-17/h4-7H,1-3,8-12H2. The van der Waals surface area contributed by atoms with Crippen LogP contribution in [0.15, 0.2) is 24.3 Å². The fraction of sp³-hybridized carbons (Fsp3) is 0.571. The molecular formula is C14H20Cl2IN. The Hall–Kier alpha value is 0.330. The number of halogens is 3. The number of aryl methyl sites for hydroxylation is 1. The molecule has 0 N–H and O–H groups in total. The zero-order valence-corrected chi connectivity index (χ0v) is 14.2. The summed E-state index contributed by atoms with van der Waals surface area (Å²) in [6.07, 6.45) is 3.75. The van der Waals surface area contributed by atoms with Gasteiger partial charge < -0.3 is 4.90 Å². The summed E-state index contributed by atoms with van der Waals surface area (Å²) >= 11 is 14.1. The molecule has 0 amide bonds. The molecule has 0 heterocycles. The van der Waals surface area contributed by atoms with Crippen molar-refractivity contribution in [1.82, 2.24) is 0 Å². The lowest BCUT2D eigenvalue weighted by molar-refractivity contribution is 0.808. The van der Waals surface area contributed by atoms with Crippen LogP contribution in [0, 0.1) is 0 Å². The van der Waals surface area contributed by atoms with Crippen LogP contribution < -0.4 is 4.90 Å². The highest BCUT2D eigenvalue weighted by Crippen LogP contribution is 2.17. The van der Waals surface area contributed by atoms with Gasteiger partial charge in [-0.1, -0.05) is 34.7 Å². The van der Waals surface area contributed by atoms with Gasteiger partial charge in [0.25, 0.3) is 0 Å². The van der Waals surface area contributed by atoms with Crippen LogP contribution in [-0.2, 0) is 6.42 Å². The zero-order chi connectivity index (χ0) is 13.2. The number of rotatable bonds is 9. The Morgan fingerprint density at radius 2 is 1.56 bits per heavy atom. The van der Waals surface area contributed by atoms with E-state index in [0.29, 0.717) is 11.8 Å². The van der Waals surface area contributed by atoms with Gasteiger partial charge in [-0.15, -0.1) is 23.2 Å². The third kappa shape index (κ3) is 5.98. The number of nitrogens with zero attached hydrogens (tertiary/aromatic N) is 1. The first-order valence-electron chi connectivity index (χ1n) is 6.33. The topological polar surface area (TPSA) is 3.24 Å². The number of benzene rings is 1. The van der Waals surface area contributed by atoms with E-state index in [9.17, 15) is 0 Å². The lowest BCUT2D eigenvalue weighted by atomic mass is 10.1. The summed E-state index contributed by atoms with van der Waals surface area (Å²) in [4.78, 5) is 2.23. The molecule has 18 heavy (non-hydrogen) atoms. The molecule has 1 nitrogen and oxygen atoms in total. The molecule has 0 spiro atoms. The average Bonchev–Trinajstić information content (AvgIpc) is 2.40. The summed E-state index contributed by atoms with van der Waals surface area (Å²) in [5, 5.41) is 0. The molecule has 1 rings (SSSR count). The molecule has 0 unspecified atom stereocenters. The van der Waals surface area contributed by atoms with E-state index in [4.69, 9.17) is 23.2 Å². The zero-order valence-electron chi connectivity index (χ0n) is 10.5. The van der Waals surface area contributed by atoms with Crippen LogP contribution in [0.4, 0.5) is 5.69 Å². The molecule has 0 bridgehead atoms. The minimum Gasteiger partial charge on any atom is -0.369 e. The van der Waals surface area contributed by atoms with Crippen molar-refractivity contribution >= 4 is 51.5 Å². The van der Waals surface area contributed by atoms with Crippen LogP contribution in [0.5, 0.6) is 0 Å². The van der Waals surface area contributed by atoms with Gasteiger partial charge in [0.2, 0.25) is 0 Å². The Bertz CT molecular complexity index is 310. The Kier molecular flexibility index (Phi) is 9.25. The maximum absolute atomic E-state index is 5.81. The Morgan fingerprint density at radius 3 is 2.06 bits per heavy atom. The molecule has 0 saturated heterocycles. The van der Waals surface area contributed by atoms with Gasteiger partial charge in [-0.05, 0) is 41.4 Å². The van der Waals surface area contributed by atoms with Gasteiger partial charge in [0.15, 0.2) is 0 Å². The second-order valence-electron chi connectivity index (χ2n) is 4.18. The van der Waals surface area contributed by atoms with Gasteiger partial charge in [0.1, 0.15) is 0 Å². The molecule has 0 aliphatic carbocycles. The molecule has 4 heteroatoms. The lowest BCUT2D eigenvalue weighted by Crippen LogP contribution is -2.27. The fourth-order valence-corrected chi connectivity index (χ4v) is 2.82. The van der Waals surface area contributed by atoms with Crippen LogP contribution >= 0.6 is 45.8 Å². The lowest BCUT2D eigenvalue weighted by Gasteiger charge is -2.23. The third-order valence-electron chi connectivity index (χ3n) is 2.86. The first kappa shape index (κ1) is 16.4. The van der Waals surface area contributed by atoms with Gasteiger partial charge >= 0.3 is 0 Å². The van der Waals surface area contributed by atoms with Crippen molar-refractivity contribution in [1.29, 1.82) is 0 Å². The average molecular weight is 400 g/mol. The summed E-state index contributed by atoms with van der Waals surface area (Å²) in [6.45, 7) is 1.70. The third-order valence-corrected chi connectivity index (χ3v) is 3.96. The SMILES string of the molecule is ClCCN(CCCl)c1ccc(CCCCI)cc1. The Labute approximate surface area is 134 Å². The molecule has 0 aromatic heterocycles. The van der Waals surface area contributed by atoms with Crippen molar-refractivity contribution in [3.8, 4) is 0 Å². The van der Waals surface area contributed by atoms with Crippen LogP contribution in [0.2, 0.25) is 0 Å². The van der Waals surface area contributed by atoms with Crippen LogP contribution in [-0.4, -0.2) is 29.3 Å². The van der Waals surface area contributed by atoms with E-state index in [1.807, 2.05) is 0 Å². The Balaban J connectivity index is 2.56. The minimum atomic E-state index is 0.633. The molecule has 0 radical (unpaired) electrons. The van der Waals surface area contributed by atoms with Gasteiger partial charge in [-0.2, -0.15) is 0 Å². The monoisotopic (exact) mass is 399 g/mol. The van der Waals surface area contributed by atoms with Crippen molar-refractivity contribution in [2.24, 2.45) is 0 Å². The number of hydrogen-bond acceptors (Lipinski definition) is 1. The molecule has 1 aromatic carbocycles. The Morgan fingerprint density at radius 1 is 0.944 bits per heavy atom. The minimum absolute atomic E-state index is 0.633. The second-order valence-corrected chi connectivity index (χ2v) is 6.01. The van der Waals surface area contributed by atoms with E-state index in [2.05, 4.69) is 51.8 Å². The van der Waals surface area contributed by atoms with Crippen molar-refractivity contribution in [3.05, 3.63) is 29.8 Å². The van der Waals surface area contributed by atoms with Gasteiger partial charge in [-0.3, -0.25) is 0 Å². The molecule has 102 valence electrons. The molecular weight excluding hydrogens is 380 g/mol. The highest BCUT2D eigenvalue weighted by Gasteiger charge is 2.04. The maximum Gasteiger partial charge on any atom is 0.0399 e. The molecule has 1 aromatic rings. The summed E-state index contributed by atoms with van der Waals surface area (Å²) in [5.74, 6) is 1.27. The first-order valence-corrected chi connectivity index (χ1v) is 8.93. The van der Waals surface area contributed by atoms with Crippen molar-refractivity contribution in [3.63, 3.8) is 0 Å². The fourth-order valence-electron chi connectivity index (χ4n) is 1.87. The molecule has 0 aliphatic rings. The van der Waals surface area contributed by atoms with Gasteiger partial charge in [-0.25, -0.2) is 0 Å².